The van der Waals surface area contributed by atoms with Crippen molar-refractivity contribution in [1.29, 1.82) is 0 Å². The van der Waals surface area contributed by atoms with E-state index in [2.05, 4.69) is 26.1 Å². The smallest absolute Gasteiger partial charge is 0.143 e. The molecule has 1 heterocycles. The van der Waals surface area contributed by atoms with Crippen LogP contribution in [0.5, 0.6) is 0 Å². The van der Waals surface area contributed by atoms with E-state index in [0.29, 0.717) is 4.47 Å². The maximum absolute atomic E-state index is 13.4. The fraction of sp³-hybridized carbons (Fsp3) is 0.500. The van der Waals surface area contributed by atoms with Crippen LogP contribution in [0, 0.1) is 5.82 Å². The molecule has 1 aliphatic rings. The number of nitrogens with one attached hydrogen (secondary N) is 1. The van der Waals surface area contributed by atoms with Crippen molar-refractivity contribution in [2.75, 3.05) is 32.7 Å². The molecule has 0 aromatic heterocycles. The average molecular weight is 322 g/mol. The molecule has 0 aliphatic carbocycles. The Labute approximate surface area is 114 Å². The summed E-state index contributed by atoms with van der Waals surface area (Å²) < 4.78 is 14.1. The van der Waals surface area contributed by atoms with Crippen molar-refractivity contribution >= 4 is 27.5 Å². The van der Waals surface area contributed by atoms with Gasteiger partial charge in [-0.15, -0.1) is 0 Å². The molecule has 17 heavy (non-hydrogen) atoms. The standard InChI is InChI=1S/C12H15BrClFN2/c13-10-7-9(8-11(15)12(10)14)1-4-17-5-2-16-3-6-17/h7-8,16H,1-6H2. The van der Waals surface area contributed by atoms with E-state index in [1.165, 1.54) is 6.07 Å². The third-order valence-electron chi connectivity index (χ3n) is 2.97. The summed E-state index contributed by atoms with van der Waals surface area (Å²) in [5.74, 6) is -0.351. The van der Waals surface area contributed by atoms with Gasteiger partial charge in [-0.1, -0.05) is 11.6 Å². The van der Waals surface area contributed by atoms with Crippen molar-refractivity contribution in [3.63, 3.8) is 0 Å². The van der Waals surface area contributed by atoms with Crippen LogP contribution in [0.3, 0.4) is 0 Å². The molecular weight excluding hydrogens is 307 g/mol. The SMILES string of the molecule is Fc1cc(CCN2CCNCC2)cc(Br)c1Cl. The van der Waals surface area contributed by atoms with Gasteiger partial charge in [-0.2, -0.15) is 0 Å². The molecular formula is C12H15BrClFN2. The van der Waals surface area contributed by atoms with E-state index in [1.54, 1.807) is 0 Å². The van der Waals surface area contributed by atoms with E-state index in [-0.39, 0.29) is 10.8 Å². The topological polar surface area (TPSA) is 15.3 Å². The Hall–Kier alpha value is -0.160. The molecule has 0 bridgehead atoms. The largest absolute Gasteiger partial charge is 0.314 e. The second kappa shape index (κ2) is 6.14. The Kier molecular flexibility index (Phi) is 4.79. The second-order valence-electron chi connectivity index (χ2n) is 4.22. The molecule has 0 spiro atoms. The number of rotatable bonds is 3. The first-order chi connectivity index (χ1) is 8.16. The molecule has 0 amide bonds. The molecule has 2 rings (SSSR count). The van der Waals surface area contributed by atoms with Crippen LogP contribution in [0.2, 0.25) is 5.02 Å². The summed E-state index contributed by atoms with van der Waals surface area (Å²) in [6, 6.07) is 3.42. The number of piperazine rings is 1. The van der Waals surface area contributed by atoms with Gasteiger partial charge < -0.3 is 10.2 Å². The maximum atomic E-state index is 13.4. The van der Waals surface area contributed by atoms with Crippen molar-refractivity contribution < 1.29 is 4.39 Å². The lowest BCUT2D eigenvalue weighted by molar-refractivity contribution is 0.244. The van der Waals surface area contributed by atoms with Crippen LogP contribution in [0.25, 0.3) is 0 Å². The van der Waals surface area contributed by atoms with Gasteiger partial charge in [-0.05, 0) is 40.0 Å². The van der Waals surface area contributed by atoms with Gasteiger partial charge in [0.05, 0.1) is 5.02 Å². The predicted molar refractivity (Wildman–Crippen MR) is 72.1 cm³/mol. The number of hydrogen-bond donors (Lipinski definition) is 1. The molecule has 0 saturated carbocycles. The minimum Gasteiger partial charge on any atom is -0.314 e. The lowest BCUT2D eigenvalue weighted by Crippen LogP contribution is -2.44. The van der Waals surface area contributed by atoms with Crippen LogP contribution in [-0.2, 0) is 6.42 Å². The van der Waals surface area contributed by atoms with Crippen molar-refractivity contribution in [2.24, 2.45) is 0 Å². The molecule has 1 saturated heterocycles. The van der Waals surface area contributed by atoms with Gasteiger partial charge in [0.25, 0.3) is 0 Å². The normalized spacial score (nSPS) is 17.4. The van der Waals surface area contributed by atoms with Gasteiger partial charge in [0.15, 0.2) is 0 Å². The Balaban J connectivity index is 1.94. The highest BCUT2D eigenvalue weighted by molar-refractivity contribution is 9.10. The van der Waals surface area contributed by atoms with E-state index in [0.717, 1.165) is 44.7 Å². The third-order valence-corrected chi connectivity index (χ3v) is 4.21. The molecule has 1 aliphatic heterocycles. The number of benzene rings is 1. The molecule has 0 radical (unpaired) electrons. The first-order valence-corrected chi connectivity index (χ1v) is 6.90. The van der Waals surface area contributed by atoms with E-state index >= 15 is 0 Å². The number of nitrogens with zero attached hydrogens (tertiary/aromatic N) is 1. The highest BCUT2D eigenvalue weighted by Gasteiger charge is 2.11. The van der Waals surface area contributed by atoms with Crippen LogP contribution in [-0.4, -0.2) is 37.6 Å². The zero-order valence-electron chi connectivity index (χ0n) is 9.48. The fourth-order valence-corrected chi connectivity index (χ4v) is 2.57. The van der Waals surface area contributed by atoms with Crippen LogP contribution >= 0.6 is 27.5 Å². The predicted octanol–water partition coefficient (Wildman–Crippen LogP) is 2.69. The zero-order chi connectivity index (χ0) is 12.3. The van der Waals surface area contributed by atoms with Gasteiger partial charge in [-0.25, -0.2) is 4.39 Å². The third kappa shape index (κ3) is 3.65. The Morgan fingerprint density at radius 1 is 1.35 bits per heavy atom. The molecule has 2 nitrogen and oxygen atoms in total. The summed E-state index contributed by atoms with van der Waals surface area (Å²) in [5, 5.41) is 3.47. The van der Waals surface area contributed by atoms with Crippen LogP contribution < -0.4 is 5.32 Å². The first-order valence-electron chi connectivity index (χ1n) is 5.73. The summed E-state index contributed by atoms with van der Waals surface area (Å²) in [6.07, 6.45) is 0.854. The minimum absolute atomic E-state index is 0.163. The lowest BCUT2D eigenvalue weighted by Gasteiger charge is -2.27. The van der Waals surface area contributed by atoms with Gasteiger partial charge in [0, 0.05) is 37.2 Å². The number of halogens is 3. The van der Waals surface area contributed by atoms with Crippen LogP contribution in [0.15, 0.2) is 16.6 Å². The summed E-state index contributed by atoms with van der Waals surface area (Å²) in [5.41, 5.74) is 0.984. The lowest BCUT2D eigenvalue weighted by atomic mass is 10.1. The summed E-state index contributed by atoms with van der Waals surface area (Å²) in [4.78, 5) is 2.39. The van der Waals surface area contributed by atoms with Crippen LogP contribution in [0.1, 0.15) is 5.56 Å². The summed E-state index contributed by atoms with van der Waals surface area (Å²) in [6.45, 7) is 5.18. The minimum atomic E-state index is -0.351. The highest BCUT2D eigenvalue weighted by Crippen LogP contribution is 2.27. The Bertz CT molecular complexity index is 371. The molecule has 0 unspecified atom stereocenters. The second-order valence-corrected chi connectivity index (χ2v) is 5.45. The molecule has 1 aromatic rings. The van der Waals surface area contributed by atoms with E-state index in [9.17, 15) is 4.39 Å². The quantitative estimate of drug-likeness (QED) is 0.861. The Morgan fingerprint density at radius 2 is 2.06 bits per heavy atom. The van der Waals surface area contributed by atoms with Gasteiger partial charge >= 0.3 is 0 Å². The van der Waals surface area contributed by atoms with Gasteiger partial charge in [0.2, 0.25) is 0 Å². The van der Waals surface area contributed by atoms with E-state index < -0.39 is 0 Å². The molecule has 1 fully saturated rings. The van der Waals surface area contributed by atoms with E-state index in [4.69, 9.17) is 11.6 Å². The van der Waals surface area contributed by atoms with E-state index in [1.807, 2.05) is 6.07 Å². The van der Waals surface area contributed by atoms with Gasteiger partial charge in [-0.3, -0.25) is 0 Å². The highest BCUT2D eigenvalue weighted by atomic mass is 79.9. The average Bonchev–Trinajstić information content (AvgIpc) is 2.34. The van der Waals surface area contributed by atoms with Crippen molar-refractivity contribution in [1.82, 2.24) is 10.2 Å². The summed E-state index contributed by atoms with van der Waals surface area (Å²) >= 11 is 9.03. The van der Waals surface area contributed by atoms with Gasteiger partial charge in [0.1, 0.15) is 5.82 Å². The zero-order valence-corrected chi connectivity index (χ0v) is 11.8. The van der Waals surface area contributed by atoms with Crippen molar-refractivity contribution in [2.45, 2.75) is 6.42 Å². The molecule has 94 valence electrons. The fourth-order valence-electron chi connectivity index (χ4n) is 1.97. The Morgan fingerprint density at radius 3 is 2.71 bits per heavy atom. The number of hydrogen-bond acceptors (Lipinski definition) is 2. The monoisotopic (exact) mass is 320 g/mol. The van der Waals surface area contributed by atoms with Crippen molar-refractivity contribution in [3.05, 3.63) is 33.0 Å². The molecule has 1 N–H and O–H groups in total. The summed E-state index contributed by atoms with van der Waals surface area (Å²) in [7, 11) is 0. The molecule has 5 heteroatoms. The molecule has 1 aromatic carbocycles. The maximum Gasteiger partial charge on any atom is 0.143 e. The van der Waals surface area contributed by atoms with Crippen LogP contribution in [0.4, 0.5) is 4.39 Å². The van der Waals surface area contributed by atoms with Crippen molar-refractivity contribution in [3.8, 4) is 0 Å². The molecule has 0 atom stereocenters. The first kappa shape index (κ1) is 13.3.